The summed E-state index contributed by atoms with van der Waals surface area (Å²) < 4.78 is 0. The number of para-hydroxylation sites is 1. The first-order valence-electron chi connectivity index (χ1n) is 8.99. The van der Waals surface area contributed by atoms with Crippen LogP contribution in [0.1, 0.15) is 13.8 Å². The number of nitrogens with zero attached hydrogens (tertiary/aromatic N) is 1. The van der Waals surface area contributed by atoms with E-state index >= 15 is 0 Å². The minimum atomic E-state index is 1.08. The molecule has 4 aromatic carbocycles. The summed E-state index contributed by atoms with van der Waals surface area (Å²) >= 11 is 0. The molecule has 0 heterocycles. The van der Waals surface area contributed by atoms with Gasteiger partial charge in [0, 0.05) is 18.8 Å². The first-order valence-corrected chi connectivity index (χ1v) is 8.99. The molecule has 0 radical (unpaired) electrons. The normalized spacial score (nSPS) is 10.3. The molecule has 0 aromatic heterocycles. The van der Waals surface area contributed by atoms with Gasteiger partial charge < -0.3 is 4.90 Å². The summed E-state index contributed by atoms with van der Waals surface area (Å²) in [6.45, 7) is 6.52. The summed E-state index contributed by atoms with van der Waals surface area (Å²) in [5, 5.41) is 5.25. The van der Waals surface area contributed by atoms with Crippen molar-refractivity contribution in [1.82, 2.24) is 0 Å². The van der Waals surface area contributed by atoms with Crippen LogP contribution in [-0.2, 0) is 0 Å². The van der Waals surface area contributed by atoms with Gasteiger partial charge in [-0.05, 0) is 59.7 Å². The molecule has 126 valence electrons. The van der Waals surface area contributed by atoms with Crippen molar-refractivity contribution in [3.63, 3.8) is 0 Å². The molecule has 0 fully saturated rings. The Kier molecular flexibility index (Phi) is 5.69. The van der Waals surface area contributed by atoms with E-state index in [-0.39, 0.29) is 0 Å². The van der Waals surface area contributed by atoms with Crippen LogP contribution in [0.15, 0.2) is 91.0 Å². The van der Waals surface area contributed by atoms with E-state index in [0.29, 0.717) is 0 Å². The van der Waals surface area contributed by atoms with Crippen molar-refractivity contribution in [3.8, 4) is 0 Å². The van der Waals surface area contributed by atoms with Gasteiger partial charge in [-0.3, -0.25) is 0 Å². The predicted octanol–water partition coefficient (Wildman–Crippen LogP) is 6.53. The van der Waals surface area contributed by atoms with Crippen molar-refractivity contribution in [2.45, 2.75) is 13.8 Å². The third-order valence-electron chi connectivity index (χ3n) is 4.50. The van der Waals surface area contributed by atoms with E-state index in [1.807, 2.05) is 6.07 Å². The van der Waals surface area contributed by atoms with Crippen LogP contribution in [0.25, 0.3) is 21.5 Å². The Bertz CT molecular complexity index is 819. The van der Waals surface area contributed by atoms with Crippen LogP contribution in [-0.4, -0.2) is 13.1 Å². The second kappa shape index (κ2) is 8.34. The molecule has 0 atom stereocenters. The zero-order valence-corrected chi connectivity index (χ0v) is 15.0. The number of hydrogen-bond donors (Lipinski definition) is 0. The minimum Gasteiger partial charge on any atom is -0.372 e. The molecule has 0 saturated carbocycles. The van der Waals surface area contributed by atoms with Crippen molar-refractivity contribution in [1.29, 1.82) is 0 Å². The lowest BCUT2D eigenvalue weighted by Crippen LogP contribution is -2.21. The Labute approximate surface area is 150 Å². The summed E-state index contributed by atoms with van der Waals surface area (Å²) in [5.41, 5.74) is 1.32. The fourth-order valence-electron chi connectivity index (χ4n) is 3.11. The Balaban J connectivity index is 0.000000151. The molecule has 1 nitrogen and oxygen atoms in total. The van der Waals surface area contributed by atoms with Crippen LogP contribution in [0.2, 0.25) is 0 Å². The highest BCUT2D eigenvalue weighted by molar-refractivity contribution is 5.98. The second-order valence-corrected chi connectivity index (χ2v) is 6.05. The Morgan fingerprint density at radius 2 is 0.880 bits per heavy atom. The zero-order chi connectivity index (χ0) is 17.5. The summed E-state index contributed by atoms with van der Waals surface area (Å²) in [4.78, 5) is 2.33. The molecule has 0 N–H and O–H groups in total. The van der Waals surface area contributed by atoms with Crippen LogP contribution < -0.4 is 4.90 Å². The van der Waals surface area contributed by atoms with Gasteiger partial charge in [-0.25, -0.2) is 0 Å². The lowest BCUT2D eigenvalue weighted by atomic mass is 10.0. The summed E-state index contributed by atoms with van der Waals surface area (Å²) in [5.74, 6) is 0. The van der Waals surface area contributed by atoms with E-state index in [1.54, 1.807) is 0 Å². The Hall–Kier alpha value is -2.80. The molecule has 4 rings (SSSR count). The highest BCUT2D eigenvalue weighted by Crippen LogP contribution is 2.22. The molecule has 4 aromatic rings. The summed E-state index contributed by atoms with van der Waals surface area (Å²) in [7, 11) is 0. The van der Waals surface area contributed by atoms with Gasteiger partial charge in [-0.1, -0.05) is 66.7 Å². The van der Waals surface area contributed by atoms with E-state index in [4.69, 9.17) is 0 Å². The third kappa shape index (κ3) is 4.19. The van der Waals surface area contributed by atoms with Crippen molar-refractivity contribution in [2.24, 2.45) is 0 Å². The average Bonchev–Trinajstić information content (AvgIpc) is 2.69. The molecule has 0 spiro atoms. The highest BCUT2D eigenvalue weighted by Gasteiger charge is 1.97. The standard InChI is InChI=1S/C14H10.C10H15N/c1-2-6-12-10-14-8-4-3-7-13(14)9-11(12)5-1;1-3-11(4-2)10-8-6-5-7-9-10/h1-10H;5-9H,3-4H2,1-2H3. The van der Waals surface area contributed by atoms with Gasteiger partial charge in [0.2, 0.25) is 0 Å². The van der Waals surface area contributed by atoms with Gasteiger partial charge in [-0.2, -0.15) is 0 Å². The van der Waals surface area contributed by atoms with Crippen LogP contribution >= 0.6 is 0 Å². The second-order valence-electron chi connectivity index (χ2n) is 6.05. The van der Waals surface area contributed by atoms with E-state index < -0.39 is 0 Å². The SMILES string of the molecule is CCN(CC)c1ccccc1.c1ccc2cc3ccccc3cc2c1. The smallest absolute Gasteiger partial charge is 0.0365 e. The van der Waals surface area contributed by atoms with Crippen LogP contribution in [0.3, 0.4) is 0 Å². The third-order valence-corrected chi connectivity index (χ3v) is 4.50. The topological polar surface area (TPSA) is 3.24 Å². The Morgan fingerprint density at radius 1 is 0.520 bits per heavy atom. The molecule has 0 aliphatic rings. The number of fused-ring (bicyclic) bond motifs is 2. The van der Waals surface area contributed by atoms with E-state index in [1.165, 1.54) is 27.2 Å². The number of hydrogen-bond acceptors (Lipinski definition) is 1. The van der Waals surface area contributed by atoms with Crippen molar-refractivity contribution < 1.29 is 0 Å². The van der Waals surface area contributed by atoms with Crippen LogP contribution in [0, 0.1) is 0 Å². The largest absolute Gasteiger partial charge is 0.372 e. The fourth-order valence-corrected chi connectivity index (χ4v) is 3.11. The monoisotopic (exact) mass is 327 g/mol. The van der Waals surface area contributed by atoms with Crippen LogP contribution in [0.4, 0.5) is 5.69 Å². The molecule has 0 saturated heterocycles. The van der Waals surface area contributed by atoms with Gasteiger partial charge in [0.1, 0.15) is 0 Å². The van der Waals surface area contributed by atoms with E-state index in [2.05, 4.69) is 104 Å². The maximum absolute atomic E-state index is 2.33. The zero-order valence-electron chi connectivity index (χ0n) is 15.0. The first kappa shape index (κ1) is 17.0. The molecular weight excluding hydrogens is 302 g/mol. The average molecular weight is 327 g/mol. The fraction of sp³-hybridized carbons (Fsp3) is 0.167. The molecule has 0 amide bonds. The lowest BCUT2D eigenvalue weighted by molar-refractivity contribution is 0.866. The van der Waals surface area contributed by atoms with Gasteiger partial charge in [0.15, 0.2) is 0 Å². The van der Waals surface area contributed by atoms with E-state index in [9.17, 15) is 0 Å². The molecule has 0 bridgehead atoms. The van der Waals surface area contributed by atoms with Crippen molar-refractivity contribution in [2.75, 3.05) is 18.0 Å². The number of anilines is 1. The highest BCUT2D eigenvalue weighted by atomic mass is 15.1. The quantitative estimate of drug-likeness (QED) is 0.387. The van der Waals surface area contributed by atoms with Gasteiger partial charge in [0.25, 0.3) is 0 Å². The molecule has 0 aliphatic carbocycles. The van der Waals surface area contributed by atoms with Crippen molar-refractivity contribution >= 4 is 27.2 Å². The molecular formula is C24H25N. The summed E-state index contributed by atoms with van der Waals surface area (Å²) in [6.07, 6.45) is 0. The van der Waals surface area contributed by atoms with Crippen molar-refractivity contribution in [3.05, 3.63) is 91.0 Å². The molecule has 25 heavy (non-hydrogen) atoms. The van der Waals surface area contributed by atoms with Gasteiger partial charge in [-0.15, -0.1) is 0 Å². The first-order chi connectivity index (χ1) is 12.3. The van der Waals surface area contributed by atoms with Gasteiger partial charge in [0.05, 0.1) is 0 Å². The molecule has 0 aliphatic heterocycles. The Morgan fingerprint density at radius 3 is 1.24 bits per heavy atom. The van der Waals surface area contributed by atoms with E-state index in [0.717, 1.165) is 13.1 Å². The maximum atomic E-state index is 2.33. The van der Waals surface area contributed by atoms with Crippen LogP contribution in [0.5, 0.6) is 0 Å². The summed E-state index contributed by atoms with van der Waals surface area (Å²) in [6, 6.07) is 31.9. The molecule has 1 heteroatoms. The lowest BCUT2D eigenvalue weighted by Gasteiger charge is -2.20. The van der Waals surface area contributed by atoms with Gasteiger partial charge >= 0.3 is 0 Å². The minimum absolute atomic E-state index is 1.08. The predicted molar refractivity (Wildman–Crippen MR) is 111 cm³/mol. The maximum Gasteiger partial charge on any atom is 0.0365 e. The molecule has 0 unspecified atom stereocenters. The number of rotatable bonds is 3. The number of benzene rings is 4.